The first-order valence-electron chi connectivity index (χ1n) is 9.61. The van der Waals surface area contributed by atoms with Gasteiger partial charge in [0.1, 0.15) is 0 Å². The van der Waals surface area contributed by atoms with E-state index in [1.165, 1.54) is 12.1 Å². The number of carbonyl (C=O) groups excluding carboxylic acids is 1. The number of nitrogens with zero attached hydrogens (tertiary/aromatic N) is 2. The van der Waals surface area contributed by atoms with Gasteiger partial charge in [-0.3, -0.25) is 9.69 Å². The maximum absolute atomic E-state index is 12.9. The van der Waals surface area contributed by atoms with Gasteiger partial charge in [-0.2, -0.15) is 13.2 Å². The smallest absolute Gasteiger partial charge is 0.392 e. The molecule has 0 aliphatic carbocycles. The van der Waals surface area contributed by atoms with E-state index < -0.39 is 11.7 Å². The Morgan fingerprint density at radius 1 is 1.17 bits per heavy atom. The van der Waals surface area contributed by atoms with Gasteiger partial charge in [0.05, 0.1) is 24.1 Å². The van der Waals surface area contributed by atoms with Crippen LogP contribution in [0.1, 0.15) is 29.2 Å². The molecule has 1 amide bonds. The number of aliphatic hydroxyl groups is 1. The van der Waals surface area contributed by atoms with Gasteiger partial charge in [0, 0.05) is 26.7 Å². The van der Waals surface area contributed by atoms with Crippen molar-refractivity contribution >= 4 is 18.3 Å². The number of benzene rings is 2. The van der Waals surface area contributed by atoms with Crippen LogP contribution in [0.2, 0.25) is 0 Å². The number of amides is 1. The average Bonchev–Trinajstić information content (AvgIpc) is 3.11. The summed E-state index contributed by atoms with van der Waals surface area (Å²) in [6.45, 7) is 1.94. The minimum absolute atomic E-state index is 0. The second-order valence-electron chi connectivity index (χ2n) is 7.50. The highest BCUT2D eigenvalue weighted by Crippen LogP contribution is 2.29. The summed E-state index contributed by atoms with van der Waals surface area (Å²) in [6, 6.07) is 14.1. The van der Waals surface area contributed by atoms with Crippen LogP contribution in [0.25, 0.3) is 0 Å². The lowest BCUT2D eigenvalue weighted by atomic mass is 10.0. The van der Waals surface area contributed by atoms with Gasteiger partial charge in [0.25, 0.3) is 0 Å². The molecular weight excluding hydrogens is 417 g/mol. The van der Waals surface area contributed by atoms with Gasteiger partial charge in [-0.1, -0.05) is 42.5 Å². The molecule has 0 aromatic heterocycles. The predicted octanol–water partition coefficient (Wildman–Crippen LogP) is 3.94. The predicted molar refractivity (Wildman–Crippen MR) is 111 cm³/mol. The van der Waals surface area contributed by atoms with Crippen molar-refractivity contribution in [2.24, 2.45) is 0 Å². The van der Waals surface area contributed by atoms with Crippen molar-refractivity contribution in [2.45, 2.75) is 31.2 Å². The molecule has 4 nitrogen and oxygen atoms in total. The summed E-state index contributed by atoms with van der Waals surface area (Å²) in [5, 5.41) is 9.80. The number of alkyl halides is 3. The van der Waals surface area contributed by atoms with Crippen LogP contribution < -0.4 is 0 Å². The summed E-state index contributed by atoms with van der Waals surface area (Å²) in [4.78, 5) is 16.7. The Morgan fingerprint density at radius 2 is 1.80 bits per heavy atom. The molecule has 1 aliphatic heterocycles. The third kappa shape index (κ3) is 6.20. The van der Waals surface area contributed by atoms with E-state index in [0.29, 0.717) is 25.1 Å². The van der Waals surface area contributed by atoms with Crippen molar-refractivity contribution in [3.05, 3.63) is 71.3 Å². The van der Waals surface area contributed by atoms with E-state index in [2.05, 4.69) is 4.90 Å². The highest BCUT2D eigenvalue weighted by molar-refractivity contribution is 5.85. The molecular formula is C22H26ClF3N2O2. The first kappa shape index (κ1) is 24.2. The van der Waals surface area contributed by atoms with E-state index >= 15 is 0 Å². The Labute approximate surface area is 180 Å². The molecule has 2 aromatic rings. The van der Waals surface area contributed by atoms with E-state index in [1.807, 2.05) is 30.3 Å². The van der Waals surface area contributed by atoms with Crippen LogP contribution >= 0.6 is 12.4 Å². The monoisotopic (exact) mass is 442 g/mol. The molecule has 1 saturated heterocycles. The van der Waals surface area contributed by atoms with Crippen LogP contribution in [0.4, 0.5) is 13.2 Å². The van der Waals surface area contributed by atoms with Crippen LogP contribution in [-0.2, 0) is 17.4 Å². The molecule has 2 aromatic carbocycles. The van der Waals surface area contributed by atoms with Gasteiger partial charge in [0.2, 0.25) is 5.91 Å². The largest absolute Gasteiger partial charge is 0.416 e. The fourth-order valence-electron chi connectivity index (χ4n) is 3.63. The topological polar surface area (TPSA) is 43.8 Å². The van der Waals surface area contributed by atoms with Crippen molar-refractivity contribution in [3.8, 4) is 0 Å². The molecule has 1 aliphatic rings. The summed E-state index contributed by atoms with van der Waals surface area (Å²) >= 11 is 0. The normalized spacial score (nSPS) is 18.0. The van der Waals surface area contributed by atoms with Crippen LogP contribution in [0.15, 0.2) is 54.6 Å². The number of likely N-dealkylation sites (N-methyl/N-ethyl adjacent to an activating group) is 1. The Morgan fingerprint density at radius 3 is 2.33 bits per heavy atom. The zero-order valence-corrected chi connectivity index (χ0v) is 17.5. The lowest BCUT2D eigenvalue weighted by molar-refractivity contribution is -0.137. The molecule has 3 rings (SSSR count). The first-order valence-corrected chi connectivity index (χ1v) is 9.61. The third-order valence-corrected chi connectivity index (χ3v) is 5.36. The van der Waals surface area contributed by atoms with Crippen LogP contribution in [-0.4, -0.2) is 53.6 Å². The maximum Gasteiger partial charge on any atom is 0.416 e. The maximum atomic E-state index is 12.9. The Hall–Kier alpha value is -2.09. The number of carbonyl (C=O) groups is 1. The number of halogens is 4. The minimum atomic E-state index is -4.39. The van der Waals surface area contributed by atoms with Gasteiger partial charge < -0.3 is 10.0 Å². The molecule has 30 heavy (non-hydrogen) atoms. The van der Waals surface area contributed by atoms with Crippen molar-refractivity contribution in [1.82, 2.24) is 9.80 Å². The Kier molecular flexibility index (Phi) is 8.29. The summed E-state index contributed by atoms with van der Waals surface area (Å²) in [5.74, 6) is -0.168. The van der Waals surface area contributed by atoms with E-state index in [4.69, 9.17) is 0 Å². The fourth-order valence-corrected chi connectivity index (χ4v) is 3.63. The molecule has 164 valence electrons. The molecule has 0 saturated carbocycles. The molecule has 0 bridgehead atoms. The van der Waals surface area contributed by atoms with Crippen LogP contribution in [0.3, 0.4) is 0 Å². The quantitative estimate of drug-likeness (QED) is 0.737. The van der Waals surface area contributed by atoms with Crippen molar-refractivity contribution in [1.29, 1.82) is 0 Å². The van der Waals surface area contributed by atoms with E-state index in [0.717, 1.165) is 24.2 Å². The van der Waals surface area contributed by atoms with Gasteiger partial charge >= 0.3 is 6.18 Å². The first-order chi connectivity index (χ1) is 13.7. The number of β-amino-alcohol motifs (C(OH)–C–C–N with tert-alkyl or cyclic N) is 1. The highest BCUT2D eigenvalue weighted by Gasteiger charge is 2.31. The van der Waals surface area contributed by atoms with Crippen LogP contribution in [0, 0.1) is 0 Å². The summed E-state index contributed by atoms with van der Waals surface area (Å²) in [6.07, 6.45) is -4.00. The molecule has 1 heterocycles. The van der Waals surface area contributed by atoms with Crippen molar-refractivity contribution in [3.63, 3.8) is 0 Å². The molecule has 0 unspecified atom stereocenters. The molecule has 0 radical (unpaired) electrons. The summed E-state index contributed by atoms with van der Waals surface area (Å²) in [5.41, 5.74) is 0.798. The lowest BCUT2D eigenvalue weighted by Crippen LogP contribution is -2.39. The van der Waals surface area contributed by atoms with Gasteiger partial charge in [0.15, 0.2) is 0 Å². The van der Waals surface area contributed by atoms with E-state index in [1.54, 1.807) is 11.9 Å². The number of hydrogen-bond donors (Lipinski definition) is 1. The summed E-state index contributed by atoms with van der Waals surface area (Å²) < 4.78 is 38.2. The number of hydrogen-bond acceptors (Lipinski definition) is 3. The average molecular weight is 443 g/mol. The number of likely N-dealkylation sites (tertiary alicyclic amines) is 1. The Balaban J connectivity index is 0.00000320. The minimum Gasteiger partial charge on any atom is -0.392 e. The van der Waals surface area contributed by atoms with E-state index in [9.17, 15) is 23.1 Å². The van der Waals surface area contributed by atoms with Gasteiger partial charge in [-0.05, 0) is 29.7 Å². The zero-order chi connectivity index (χ0) is 21.0. The number of rotatable bonds is 6. The van der Waals surface area contributed by atoms with Gasteiger partial charge in [-0.15, -0.1) is 12.4 Å². The Bertz CT molecular complexity index is 815. The van der Waals surface area contributed by atoms with Crippen molar-refractivity contribution < 1.29 is 23.1 Å². The fraction of sp³-hybridized carbons (Fsp3) is 0.409. The molecule has 2 atom stereocenters. The third-order valence-electron chi connectivity index (χ3n) is 5.36. The lowest BCUT2D eigenvalue weighted by Gasteiger charge is -2.32. The van der Waals surface area contributed by atoms with Gasteiger partial charge in [-0.25, -0.2) is 0 Å². The molecule has 0 spiro atoms. The SMILES string of the molecule is CN(C(=O)Cc1ccc(C(F)(F)F)cc1)[C@H](CN1CC[C@H](O)C1)c1ccccc1.Cl. The van der Waals surface area contributed by atoms with Crippen LogP contribution in [0.5, 0.6) is 0 Å². The molecule has 1 N–H and O–H groups in total. The van der Waals surface area contributed by atoms with Crippen molar-refractivity contribution in [2.75, 3.05) is 26.7 Å². The standard InChI is InChI=1S/C22H25F3N2O2.ClH/c1-26(21(29)13-16-7-9-18(10-8-16)22(23,24)25)20(17-5-3-2-4-6-17)15-27-12-11-19(28)14-27;/h2-10,19-20,28H,11-15H2,1H3;1H/t19-,20+;/m0./s1. The second-order valence-corrected chi connectivity index (χ2v) is 7.50. The van der Waals surface area contributed by atoms with E-state index in [-0.39, 0.29) is 36.9 Å². The second kappa shape index (κ2) is 10.3. The molecule has 1 fully saturated rings. The number of aliphatic hydroxyl groups excluding tert-OH is 1. The zero-order valence-electron chi connectivity index (χ0n) is 16.7. The highest BCUT2D eigenvalue weighted by atomic mass is 35.5. The summed E-state index contributed by atoms with van der Waals surface area (Å²) in [7, 11) is 1.72. The molecule has 8 heteroatoms.